The summed E-state index contributed by atoms with van der Waals surface area (Å²) < 4.78 is 6.24. The van der Waals surface area contributed by atoms with Crippen molar-refractivity contribution in [1.82, 2.24) is 4.98 Å². The van der Waals surface area contributed by atoms with E-state index in [1.54, 1.807) is 6.20 Å². The minimum absolute atomic E-state index is 0.385. The second-order valence-corrected chi connectivity index (χ2v) is 4.91. The van der Waals surface area contributed by atoms with E-state index in [1.165, 1.54) is 0 Å². The van der Waals surface area contributed by atoms with Crippen LogP contribution in [-0.2, 0) is 4.74 Å². The number of hydrogen-bond acceptors (Lipinski definition) is 3. The summed E-state index contributed by atoms with van der Waals surface area (Å²) in [5.74, 6) is 0.815. The summed E-state index contributed by atoms with van der Waals surface area (Å²) in [4.78, 5) is 6.40. The zero-order chi connectivity index (χ0) is 10.8. The van der Waals surface area contributed by atoms with Gasteiger partial charge in [-0.15, -0.1) is 0 Å². The molecule has 1 atom stereocenters. The number of aromatic nitrogens is 1. The fraction of sp³-hybridized carbons (Fsp3) is 0.500. The first-order valence-corrected chi connectivity index (χ1v) is 5.97. The second kappa shape index (κ2) is 4.68. The van der Waals surface area contributed by atoms with Gasteiger partial charge in [-0.2, -0.15) is 0 Å². The van der Waals surface area contributed by atoms with E-state index >= 15 is 0 Å². The van der Waals surface area contributed by atoms with Crippen LogP contribution in [-0.4, -0.2) is 31.3 Å². The van der Waals surface area contributed by atoms with Gasteiger partial charge in [0, 0.05) is 24.3 Å². The molecule has 0 saturated carbocycles. The summed E-state index contributed by atoms with van der Waals surface area (Å²) in [5, 5.41) is 0.666. The Hall–Kier alpha value is -0.320. The molecule has 15 heavy (non-hydrogen) atoms. The number of rotatable bonds is 2. The summed E-state index contributed by atoms with van der Waals surface area (Å²) in [6.45, 7) is 1.58. The summed E-state index contributed by atoms with van der Waals surface area (Å²) in [5.41, 5.74) is 0. The first-order valence-electron chi connectivity index (χ1n) is 4.80. The lowest BCUT2D eigenvalue weighted by Gasteiger charge is -2.24. The highest BCUT2D eigenvalue weighted by Crippen LogP contribution is 2.28. The normalized spacial score (nSPS) is 20.6. The molecule has 0 bridgehead atoms. The van der Waals surface area contributed by atoms with Crippen LogP contribution in [0.3, 0.4) is 0 Å². The number of pyridine rings is 1. The Labute approximate surface area is 103 Å². The molecule has 0 amide bonds. The lowest BCUT2D eigenvalue weighted by atomic mass is 10.2. The number of nitrogens with zero attached hydrogens (tertiary/aromatic N) is 2. The Morgan fingerprint density at radius 3 is 3.07 bits per heavy atom. The molecule has 5 heteroatoms. The van der Waals surface area contributed by atoms with Crippen LogP contribution in [0.1, 0.15) is 6.42 Å². The van der Waals surface area contributed by atoms with Crippen LogP contribution < -0.4 is 4.90 Å². The number of hydrogen-bond donors (Lipinski definition) is 0. The summed E-state index contributed by atoms with van der Waals surface area (Å²) in [7, 11) is 2.00. The lowest BCUT2D eigenvalue weighted by molar-refractivity contribution is 0.193. The Bertz CT molecular complexity index is 355. The van der Waals surface area contributed by atoms with Gasteiger partial charge in [-0.1, -0.05) is 11.6 Å². The standard InChI is InChI=1S/C10H12BrClN2O/c1-14(8-2-3-15-6-8)10-9(12)4-7(11)5-13-10/h4-5,8H,2-3,6H2,1H3. The highest BCUT2D eigenvalue weighted by Gasteiger charge is 2.22. The smallest absolute Gasteiger partial charge is 0.147 e. The molecule has 1 aromatic rings. The minimum Gasteiger partial charge on any atom is -0.379 e. The summed E-state index contributed by atoms with van der Waals surface area (Å²) in [6, 6.07) is 2.24. The third-order valence-corrected chi connectivity index (χ3v) is 3.29. The van der Waals surface area contributed by atoms with Crippen LogP contribution in [0.2, 0.25) is 5.02 Å². The molecule has 1 fully saturated rings. The van der Waals surface area contributed by atoms with Gasteiger partial charge in [-0.3, -0.25) is 0 Å². The fourth-order valence-corrected chi connectivity index (χ4v) is 2.43. The van der Waals surface area contributed by atoms with Crippen LogP contribution in [0, 0.1) is 0 Å². The van der Waals surface area contributed by atoms with Crippen molar-refractivity contribution in [3.05, 3.63) is 21.8 Å². The van der Waals surface area contributed by atoms with E-state index in [0.29, 0.717) is 11.1 Å². The third kappa shape index (κ3) is 2.44. The van der Waals surface area contributed by atoms with Gasteiger partial charge in [-0.25, -0.2) is 4.98 Å². The Balaban J connectivity index is 2.20. The maximum absolute atomic E-state index is 6.13. The van der Waals surface area contributed by atoms with Gasteiger partial charge >= 0.3 is 0 Å². The van der Waals surface area contributed by atoms with E-state index in [4.69, 9.17) is 16.3 Å². The van der Waals surface area contributed by atoms with E-state index < -0.39 is 0 Å². The van der Waals surface area contributed by atoms with Crippen molar-refractivity contribution in [2.24, 2.45) is 0 Å². The Kier molecular flexibility index (Phi) is 3.49. The zero-order valence-electron chi connectivity index (χ0n) is 8.41. The number of likely N-dealkylation sites (N-methyl/N-ethyl adjacent to an activating group) is 1. The average molecular weight is 292 g/mol. The SMILES string of the molecule is CN(c1ncc(Br)cc1Cl)C1CCOC1. The van der Waals surface area contributed by atoms with E-state index in [2.05, 4.69) is 25.8 Å². The zero-order valence-corrected chi connectivity index (χ0v) is 10.8. The lowest BCUT2D eigenvalue weighted by Crippen LogP contribution is -2.32. The predicted octanol–water partition coefficient (Wildman–Crippen LogP) is 2.72. The predicted molar refractivity (Wildman–Crippen MR) is 64.6 cm³/mol. The van der Waals surface area contributed by atoms with Crippen molar-refractivity contribution in [2.75, 3.05) is 25.2 Å². The van der Waals surface area contributed by atoms with E-state index in [0.717, 1.165) is 29.9 Å². The molecule has 1 aliphatic rings. The molecule has 0 radical (unpaired) electrons. The third-order valence-electron chi connectivity index (χ3n) is 2.58. The van der Waals surface area contributed by atoms with E-state index in [-0.39, 0.29) is 0 Å². The summed E-state index contributed by atoms with van der Waals surface area (Å²) >= 11 is 9.47. The van der Waals surface area contributed by atoms with Crippen molar-refractivity contribution in [1.29, 1.82) is 0 Å². The molecule has 1 aliphatic heterocycles. The van der Waals surface area contributed by atoms with Crippen molar-refractivity contribution < 1.29 is 4.74 Å². The quantitative estimate of drug-likeness (QED) is 0.838. The Morgan fingerprint density at radius 1 is 1.67 bits per heavy atom. The maximum Gasteiger partial charge on any atom is 0.147 e. The molecular formula is C10H12BrClN2O. The molecule has 1 saturated heterocycles. The molecule has 0 N–H and O–H groups in total. The van der Waals surface area contributed by atoms with Crippen molar-refractivity contribution in [3.63, 3.8) is 0 Å². The molecule has 0 aromatic carbocycles. The molecule has 82 valence electrons. The van der Waals surface area contributed by atoms with Crippen molar-refractivity contribution >= 4 is 33.3 Å². The number of anilines is 1. The molecule has 2 heterocycles. The van der Waals surface area contributed by atoms with Crippen LogP contribution in [0.4, 0.5) is 5.82 Å². The van der Waals surface area contributed by atoms with Crippen LogP contribution in [0.15, 0.2) is 16.7 Å². The maximum atomic E-state index is 6.13. The second-order valence-electron chi connectivity index (χ2n) is 3.59. The largest absolute Gasteiger partial charge is 0.379 e. The van der Waals surface area contributed by atoms with Crippen molar-refractivity contribution in [2.45, 2.75) is 12.5 Å². The first-order chi connectivity index (χ1) is 7.18. The van der Waals surface area contributed by atoms with Crippen LogP contribution in [0.5, 0.6) is 0 Å². The molecule has 1 unspecified atom stereocenters. The molecule has 0 aliphatic carbocycles. The van der Waals surface area contributed by atoms with Crippen molar-refractivity contribution in [3.8, 4) is 0 Å². The highest BCUT2D eigenvalue weighted by molar-refractivity contribution is 9.10. The van der Waals surface area contributed by atoms with E-state index in [1.807, 2.05) is 13.1 Å². The molecule has 1 aromatic heterocycles. The summed E-state index contributed by atoms with van der Waals surface area (Å²) in [6.07, 6.45) is 2.79. The minimum atomic E-state index is 0.385. The van der Waals surface area contributed by atoms with Gasteiger partial charge in [0.2, 0.25) is 0 Å². The van der Waals surface area contributed by atoms with Gasteiger partial charge in [-0.05, 0) is 28.4 Å². The monoisotopic (exact) mass is 290 g/mol. The van der Waals surface area contributed by atoms with Crippen LogP contribution >= 0.6 is 27.5 Å². The molecule has 0 spiro atoms. The number of halogens is 2. The van der Waals surface area contributed by atoms with E-state index in [9.17, 15) is 0 Å². The number of ether oxygens (including phenoxy) is 1. The van der Waals surface area contributed by atoms with Gasteiger partial charge in [0.15, 0.2) is 0 Å². The Morgan fingerprint density at radius 2 is 2.47 bits per heavy atom. The van der Waals surface area contributed by atoms with Gasteiger partial charge in [0.05, 0.1) is 17.7 Å². The van der Waals surface area contributed by atoms with Crippen LogP contribution in [0.25, 0.3) is 0 Å². The average Bonchev–Trinajstić information content (AvgIpc) is 2.69. The topological polar surface area (TPSA) is 25.4 Å². The molecule has 3 nitrogen and oxygen atoms in total. The molecular weight excluding hydrogens is 279 g/mol. The van der Waals surface area contributed by atoms with Gasteiger partial charge in [0.25, 0.3) is 0 Å². The van der Waals surface area contributed by atoms with Gasteiger partial charge in [0.1, 0.15) is 5.82 Å². The fourth-order valence-electron chi connectivity index (χ4n) is 1.67. The van der Waals surface area contributed by atoms with Gasteiger partial charge < -0.3 is 9.64 Å². The molecule has 2 rings (SSSR count). The first kappa shape index (κ1) is 11.2. The highest BCUT2D eigenvalue weighted by atomic mass is 79.9.